The number of piperidine rings is 1. The van der Waals surface area contributed by atoms with Gasteiger partial charge in [-0.05, 0) is 32.9 Å². The highest BCUT2D eigenvalue weighted by molar-refractivity contribution is 5.91. The van der Waals surface area contributed by atoms with Crippen molar-refractivity contribution in [2.75, 3.05) is 25.0 Å². The predicted molar refractivity (Wildman–Crippen MR) is 70.0 cm³/mol. The number of hydrogen-bond acceptors (Lipinski definition) is 3. The molecule has 0 radical (unpaired) electrons. The minimum Gasteiger partial charge on any atom is -0.309 e. The van der Waals surface area contributed by atoms with E-state index in [1.54, 1.807) is 0 Å². The van der Waals surface area contributed by atoms with Crippen LogP contribution in [0, 0.1) is 25.2 Å². The number of rotatable bonds is 3. The number of aryl methyl sites for hydroxylation is 1. The molecule has 1 amide bonds. The van der Waals surface area contributed by atoms with Gasteiger partial charge in [0.15, 0.2) is 5.82 Å². The zero-order valence-electron chi connectivity index (χ0n) is 10.6. The predicted octanol–water partition coefficient (Wildman–Crippen LogP) is 1.00. The zero-order valence-corrected chi connectivity index (χ0v) is 10.6. The number of nitrogens with zero attached hydrogens (tertiary/aromatic N) is 2. The van der Waals surface area contributed by atoms with Crippen LogP contribution in [0.4, 0.5) is 5.82 Å². The molecule has 1 aliphatic heterocycles. The van der Waals surface area contributed by atoms with Crippen LogP contribution in [0.15, 0.2) is 6.07 Å². The van der Waals surface area contributed by atoms with Gasteiger partial charge in [-0.15, -0.1) is 6.42 Å². The summed E-state index contributed by atoms with van der Waals surface area (Å²) < 4.78 is 0. The van der Waals surface area contributed by atoms with Crippen LogP contribution in [0.3, 0.4) is 0 Å². The lowest BCUT2D eigenvalue weighted by molar-refractivity contribution is -0.121. The number of carbonyl (C=O) groups is 1. The van der Waals surface area contributed by atoms with Crippen LogP contribution in [0.2, 0.25) is 0 Å². The van der Waals surface area contributed by atoms with Crippen LogP contribution in [-0.4, -0.2) is 40.6 Å². The summed E-state index contributed by atoms with van der Waals surface area (Å²) in [5.41, 5.74) is 0.939. The fourth-order valence-electron chi connectivity index (χ4n) is 2.19. The summed E-state index contributed by atoms with van der Waals surface area (Å²) >= 11 is 0. The van der Waals surface area contributed by atoms with Crippen molar-refractivity contribution < 1.29 is 4.79 Å². The smallest absolute Gasteiger partial charge is 0.228 e. The van der Waals surface area contributed by atoms with Gasteiger partial charge in [0.1, 0.15) is 0 Å². The molecule has 0 bridgehead atoms. The molecule has 1 aliphatic rings. The molecule has 5 heteroatoms. The maximum absolute atomic E-state index is 12.0. The maximum atomic E-state index is 12.0. The summed E-state index contributed by atoms with van der Waals surface area (Å²) in [6.45, 7) is 4.36. The van der Waals surface area contributed by atoms with Gasteiger partial charge in [0.25, 0.3) is 0 Å². The molecule has 18 heavy (non-hydrogen) atoms. The SMILES string of the molecule is C#CCN1CCC(C(=O)Nc2cc(C)[nH]n2)CC1. The summed E-state index contributed by atoms with van der Waals surface area (Å²) in [7, 11) is 0. The number of aromatic nitrogens is 2. The minimum absolute atomic E-state index is 0.0573. The zero-order chi connectivity index (χ0) is 13.0. The van der Waals surface area contributed by atoms with Gasteiger partial charge >= 0.3 is 0 Å². The number of amides is 1. The average molecular weight is 246 g/mol. The number of hydrogen-bond donors (Lipinski definition) is 2. The fourth-order valence-corrected chi connectivity index (χ4v) is 2.19. The summed E-state index contributed by atoms with van der Waals surface area (Å²) in [4.78, 5) is 14.2. The van der Waals surface area contributed by atoms with E-state index in [0.29, 0.717) is 12.4 Å². The van der Waals surface area contributed by atoms with Gasteiger partial charge in [-0.3, -0.25) is 14.8 Å². The van der Waals surface area contributed by atoms with E-state index in [9.17, 15) is 4.79 Å². The molecule has 0 unspecified atom stereocenters. The second-order valence-electron chi connectivity index (χ2n) is 4.68. The molecule has 5 nitrogen and oxygen atoms in total. The van der Waals surface area contributed by atoms with Crippen molar-refractivity contribution in [2.24, 2.45) is 5.92 Å². The summed E-state index contributed by atoms with van der Waals surface area (Å²) in [6, 6.07) is 1.82. The number of anilines is 1. The normalized spacial score (nSPS) is 17.3. The van der Waals surface area contributed by atoms with E-state index in [1.807, 2.05) is 13.0 Å². The molecule has 0 atom stereocenters. The highest BCUT2D eigenvalue weighted by Crippen LogP contribution is 2.18. The quantitative estimate of drug-likeness (QED) is 0.782. The van der Waals surface area contributed by atoms with E-state index in [2.05, 4.69) is 26.3 Å². The largest absolute Gasteiger partial charge is 0.309 e. The van der Waals surface area contributed by atoms with Crippen LogP contribution >= 0.6 is 0 Å². The Kier molecular flexibility index (Phi) is 4.00. The third kappa shape index (κ3) is 3.11. The Bertz CT molecular complexity index is 452. The highest BCUT2D eigenvalue weighted by Gasteiger charge is 2.24. The number of H-pyrrole nitrogens is 1. The summed E-state index contributed by atoms with van der Waals surface area (Å²) in [5.74, 6) is 3.36. The molecule has 0 spiro atoms. The monoisotopic (exact) mass is 246 g/mol. The molecule has 2 heterocycles. The molecule has 1 aromatic rings. The average Bonchev–Trinajstić information content (AvgIpc) is 2.76. The molecule has 1 saturated heterocycles. The standard InChI is InChI=1S/C13H18N4O/c1-3-6-17-7-4-11(5-8-17)13(18)14-12-9-10(2)15-16-12/h1,9,11H,4-8H2,2H3,(H2,14,15,16,18). The fraction of sp³-hybridized carbons (Fsp3) is 0.538. The van der Waals surface area contributed by atoms with Crippen molar-refractivity contribution in [3.8, 4) is 12.3 Å². The molecule has 0 saturated carbocycles. The third-order valence-electron chi connectivity index (χ3n) is 3.23. The first kappa shape index (κ1) is 12.7. The van der Waals surface area contributed by atoms with E-state index in [4.69, 9.17) is 6.42 Å². The lowest BCUT2D eigenvalue weighted by Crippen LogP contribution is -2.38. The Morgan fingerprint density at radius 2 is 2.39 bits per heavy atom. The van der Waals surface area contributed by atoms with Gasteiger partial charge in [0, 0.05) is 17.7 Å². The van der Waals surface area contributed by atoms with E-state index >= 15 is 0 Å². The van der Waals surface area contributed by atoms with E-state index in [0.717, 1.165) is 31.6 Å². The first-order chi connectivity index (χ1) is 8.69. The number of terminal acetylenes is 1. The van der Waals surface area contributed by atoms with Gasteiger partial charge in [0.2, 0.25) is 5.91 Å². The van der Waals surface area contributed by atoms with Crippen molar-refractivity contribution in [1.29, 1.82) is 0 Å². The molecule has 0 aliphatic carbocycles. The molecule has 2 N–H and O–H groups in total. The van der Waals surface area contributed by atoms with Crippen LogP contribution in [-0.2, 0) is 4.79 Å². The summed E-state index contributed by atoms with van der Waals surface area (Å²) in [6.07, 6.45) is 6.99. The Hall–Kier alpha value is -1.80. The first-order valence-electron chi connectivity index (χ1n) is 6.17. The molecule has 1 fully saturated rings. The van der Waals surface area contributed by atoms with Gasteiger partial charge in [0.05, 0.1) is 6.54 Å². The van der Waals surface area contributed by atoms with E-state index in [1.165, 1.54) is 0 Å². The minimum atomic E-state index is 0.0573. The van der Waals surface area contributed by atoms with Gasteiger partial charge in [-0.1, -0.05) is 5.92 Å². The number of likely N-dealkylation sites (tertiary alicyclic amines) is 1. The van der Waals surface area contributed by atoms with Crippen molar-refractivity contribution >= 4 is 11.7 Å². The lowest BCUT2D eigenvalue weighted by Gasteiger charge is -2.29. The second kappa shape index (κ2) is 5.69. The van der Waals surface area contributed by atoms with Crippen LogP contribution in [0.1, 0.15) is 18.5 Å². The topological polar surface area (TPSA) is 61.0 Å². The Balaban J connectivity index is 1.83. The van der Waals surface area contributed by atoms with Gasteiger partial charge < -0.3 is 5.32 Å². The van der Waals surface area contributed by atoms with E-state index < -0.39 is 0 Å². The second-order valence-corrected chi connectivity index (χ2v) is 4.68. The van der Waals surface area contributed by atoms with Gasteiger partial charge in [-0.2, -0.15) is 5.10 Å². The van der Waals surface area contributed by atoms with Crippen LogP contribution in [0.25, 0.3) is 0 Å². The number of carbonyl (C=O) groups excluding carboxylic acids is 1. The Morgan fingerprint density at radius 1 is 1.67 bits per heavy atom. The molecule has 96 valence electrons. The van der Waals surface area contributed by atoms with Crippen LogP contribution in [0.5, 0.6) is 0 Å². The van der Waals surface area contributed by atoms with Crippen molar-refractivity contribution in [2.45, 2.75) is 19.8 Å². The van der Waals surface area contributed by atoms with Crippen molar-refractivity contribution in [3.63, 3.8) is 0 Å². The number of nitrogens with one attached hydrogen (secondary N) is 2. The van der Waals surface area contributed by atoms with E-state index in [-0.39, 0.29) is 11.8 Å². The number of aromatic amines is 1. The van der Waals surface area contributed by atoms with Gasteiger partial charge in [-0.25, -0.2) is 0 Å². The molecule has 2 rings (SSSR count). The Morgan fingerprint density at radius 3 is 2.94 bits per heavy atom. The summed E-state index contributed by atoms with van der Waals surface area (Å²) in [5, 5.41) is 9.65. The Labute approximate surface area is 107 Å². The molecular formula is C13H18N4O. The third-order valence-corrected chi connectivity index (χ3v) is 3.23. The molecule has 1 aromatic heterocycles. The van der Waals surface area contributed by atoms with Crippen molar-refractivity contribution in [1.82, 2.24) is 15.1 Å². The van der Waals surface area contributed by atoms with Crippen molar-refractivity contribution in [3.05, 3.63) is 11.8 Å². The lowest BCUT2D eigenvalue weighted by atomic mass is 9.96. The first-order valence-corrected chi connectivity index (χ1v) is 6.17. The highest BCUT2D eigenvalue weighted by atomic mass is 16.2. The molecular weight excluding hydrogens is 228 g/mol. The maximum Gasteiger partial charge on any atom is 0.228 e. The van der Waals surface area contributed by atoms with Crippen LogP contribution < -0.4 is 5.32 Å². The molecule has 0 aromatic carbocycles.